The third kappa shape index (κ3) is 2.94. The number of amides is 1. The van der Waals surface area contributed by atoms with Crippen LogP contribution in [0.1, 0.15) is 15.9 Å². The molecule has 0 saturated heterocycles. The second-order valence-corrected chi connectivity index (χ2v) is 6.45. The predicted molar refractivity (Wildman–Crippen MR) is 105 cm³/mol. The molecule has 0 fully saturated rings. The minimum Gasteiger partial charge on any atom is -0.310 e. The number of H-pyrrole nitrogens is 2. The van der Waals surface area contributed by atoms with Crippen molar-refractivity contribution >= 4 is 34.7 Å². The van der Waals surface area contributed by atoms with Crippen LogP contribution in [-0.4, -0.2) is 33.9 Å². The molecule has 1 amide bonds. The van der Waals surface area contributed by atoms with Gasteiger partial charge in [-0.2, -0.15) is 0 Å². The molecule has 0 spiro atoms. The van der Waals surface area contributed by atoms with Crippen LogP contribution in [-0.2, 0) is 4.79 Å². The molecular formula is C20H14N4O5. The Morgan fingerprint density at radius 2 is 1.69 bits per heavy atom. The first-order valence-corrected chi connectivity index (χ1v) is 8.57. The number of Topliss-reactive ketones (excluding diaryl/α,β-unsaturated/α-hetero) is 1. The number of anilines is 1. The average Bonchev–Trinajstić information content (AvgIpc) is 3.07. The highest BCUT2D eigenvalue weighted by Gasteiger charge is 2.33. The molecule has 0 aliphatic carbocycles. The van der Waals surface area contributed by atoms with Crippen LogP contribution in [0.15, 0.2) is 53.3 Å². The van der Waals surface area contributed by atoms with Crippen molar-refractivity contribution in [1.29, 1.82) is 0 Å². The number of ketones is 1. The van der Waals surface area contributed by atoms with Crippen molar-refractivity contribution in [3.05, 3.63) is 90.7 Å². The van der Waals surface area contributed by atoms with Crippen LogP contribution >= 0.6 is 0 Å². The Kier molecular flexibility index (Phi) is 4.19. The number of rotatable bonds is 2. The maximum Gasteiger partial charge on any atom is 0.271 e. The number of aromatic nitrogens is 2. The maximum atomic E-state index is 13.0. The normalized spacial score (nSPS) is 16.2. The molecule has 0 atom stereocenters. The zero-order valence-electron chi connectivity index (χ0n) is 15.1. The van der Waals surface area contributed by atoms with Gasteiger partial charge in [-0.15, -0.1) is 0 Å². The van der Waals surface area contributed by atoms with Crippen molar-refractivity contribution in [2.45, 2.75) is 0 Å². The standard InChI is InChI=1S/C20H14N4O5/c1-23-15-5-3-2-4-13(15)18(25)16(20(23)27)17-14(19(26)22-21-17)10-11-6-8-12(9-7-11)24(28)29/h2-10,21H,1H3,(H,22,26)/b14-10-,17-16+. The molecule has 4 rings (SSSR count). The summed E-state index contributed by atoms with van der Waals surface area (Å²) in [5, 5.41) is 16.0. The maximum absolute atomic E-state index is 13.0. The molecule has 0 radical (unpaired) electrons. The van der Waals surface area contributed by atoms with Gasteiger partial charge in [0.25, 0.3) is 17.2 Å². The van der Waals surface area contributed by atoms with Crippen molar-refractivity contribution in [2.75, 3.05) is 11.9 Å². The van der Waals surface area contributed by atoms with E-state index in [9.17, 15) is 24.5 Å². The lowest BCUT2D eigenvalue weighted by Crippen LogP contribution is -2.44. The van der Waals surface area contributed by atoms with Gasteiger partial charge in [-0.25, -0.2) is 0 Å². The van der Waals surface area contributed by atoms with Crippen LogP contribution in [0, 0.1) is 10.1 Å². The number of nitro groups is 1. The number of benzene rings is 2. The molecule has 0 bridgehead atoms. The van der Waals surface area contributed by atoms with Gasteiger partial charge in [0.2, 0.25) is 5.78 Å². The van der Waals surface area contributed by atoms with Crippen molar-refractivity contribution in [1.82, 2.24) is 10.2 Å². The summed E-state index contributed by atoms with van der Waals surface area (Å²) in [6.07, 6.45) is 1.46. The van der Waals surface area contributed by atoms with Crippen molar-refractivity contribution in [3.63, 3.8) is 0 Å². The first-order valence-electron chi connectivity index (χ1n) is 8.57. The highest BCUT2D eigenvalue weighted by Crippen LogP contribution is 2.28. The van der Waals surface area contributed by atoms with Crippen molar-refractivity contribution in [2.24, 2.45) is 0 Å². The second-order valence-electron chi connectivity index (χ2n) is 6.45. The van der Waals surface area contributed by atoms with Crippen molar-refractivity contribution < 1.29 is 14.5 Å². The minimum absolute atomic E-state index is 0.0738. The first kappa shape index (κ1) is 18.1. The first-order chi connectivity index (χ1) is 13.9. The van der Waals surface area contributed by atoms with Gasteiger partial charge < -0.3 is 4.90 Å². The summed E-state index contributed by atoms with van der Waals surface area (Å²) in [5.41, 5.74) is 0.589. The van der Waals surface area contributed by atoms with E-state index in [1.807, 2.05) is 0 Å². The summed E-state index contributed by atoms with van der Waals surface area (Å²) in [5.74, 6) is -1.03. The van der Waals surface area contributed by atoms with Gasteiger partial charge in [-0.3, -0.25) is 34.7 Å². The molecule has 1 aromatic heterocycles. The number of nitrogens with zero attached hydrogens (tertiary/aromatic N) is 2. The Morgan fingerprint density at radius 3 is 2.38 bits per heavy atom. The lowest BCUT2D eigenvalue weighted by atomic mass is 9.95. The Morgan fingerprint density at radius 1 is 1.00 bits per heavy atom. The van der Waals surface area contributed by atoms with E-state index in [-0.39, 0.29) is 21.8 Å². The van der Waals surface area contributed by atoms with E-state index in [1.54, 1.807) is 31.3 Å². The number of nitro benzene ring substituents is 1. The van der Waals surface area contributed by atoms with Crippen molar-refractivity contribution in [3.8, 4) is 0 Å². The number of hydrogen-bond acceptors (Lipinski definition) is 5. The van der Waals surface area contributed by atoms with Crippen LogP contribution in [0.25, 0.3) is 11.6 Å². The predicted octanol–water partition coefficient (Wildman–Crippen LogP) is 0.450. The number of non-ortho nitro benzene ring substituents is 1. The van der Waals surface area contributed by atoms with E-state index in [0.717, 1.165) is 0 Å². The Hall–Kier alpha value is -4.27. The highest BCUT2D eigenvalue weighted by molar-refractivity contribution is 6.51. The van der Waals surface area contributed by atoms with E-state index in [4.69, 9.17) is 0 Å². The topological polar surface area (TPSA) is 129 Å². The largest absolute Gasteiger partial charge is 0.310 e. The number of aromatic amines is 2. The van der Waals surface area contributed by atoms with E-state index < -0.39 is 22.2 Å². The summed E-state index contributed by atoms with van der Waals surface area (Å²) in [4.78, 5) is 49.8. The Bertz CT molecular complexity index is 1350. The molecule has 0 unspecified atom stereocenters. The molecule has 144 valence electrons. The fourth-order valence-corrected chi connectivity index (χ4v) is 3.25. The summed E-state index contributed by atoms with van der Waals surface area (Å²) >= 11 is 0. The molecule has 9 heteroatoms. The number of carbonyl (C=O) groups excluding carboxylic acids is 2. The zero-order valence-corrected chi connectivity index (χ0v) is 15.1. The SMILES string of the molecule is CN1C(=O)/C(=c2/[nH][nH]c(=O)/c2=C\c2ccc([N+](=O)[O-])cc2)C(=O)c2ccccc21. The smallest absolute Gasteiger partial charge is 0.271 e. The molecule has 1 aliphatic heterocycles. The Balaban J connectivity index is 1.97. The number of carbonyl (C=O) groups is 2. The summed E-state index contributed by atoms with van der Waals surface area (Å²) < 4.78 is 0. The molecule has 29 heavy (non-hydrogen) atoms. The summed E-state index contributed by atoms with van der Waals surface area (Å²) in [7, 11) is 1.55. The zero-order chi connectivity index (χ0) is 20.7. The van der Waals surface area contributed by atoms with Gasteiger partial charge in [-0.05, 0) is 35.9 Å². The monoisotopic (exact) mass is 390 g/mol. The number of fused-ring (bicyclic) bond motifs is 1. The number of nitrogens with one attached hydrogen (secondary N) is 2. The van der Waals surface area contributed by atoms with Crippen LogP contribution in [0.3, 0.4) is 0 Å². The minimum atomic E-state index is -0.540. The van der Waals surface area contributed by atoms with Gasteiger partial charge in [0.1, 0.15) is 5.57 Å². The quantitative estimate of drug-likeness (QED) is 0.485. The number of para-hydroxylation sites is 1. The fraction of sp³-hybridized carbons (Fsp3) is 0.0500. The summed E-state index contributed by atoms with van der Waals surface area (Å²) in [6.45, 7) is 0. The van der Waals surface area contributed by atoms with E-state index in [0.29, 0.717) is 16.8 Å². The molecular weight excluding hydrogens is 376 g/mol. The Labute approximate surface area is 162 Å². The second kappa shape index (κ2) is 6.71. The van der Waals surface area contributed by atoms with E-state index >= 15 is 0 Å². The lowest BCUT2D eigenvalue weighted by Gasteiger charge is -2.25. The lowest BCUT2D eigenvalue weighted by molar-refractivity contribution is -0.384. The molecule has 9 nitrogen and oxygen atoms in total. The summed E-state index contributed by atoms with van der Waals surface area (Å²) in [6, 6.07) is 12.3. The van der Waals surface area contributed by atoms with Gasteiger partial charge in [-0.1, -0.05) is 12.1 Å². The third-order valence-electron chi connectivity index (χ3n) is 4.74. The fourth-order valence-electron chi connectivity index (χ4n) is 3.25. The highest BCUT2D eigenvalue weighted by atomic mass is 16.6. The van der Waals surface area contributed by atoms with Gasteiger partial charge in [0, 0.05) is 24.7 Å². The van der Waals surface area contributed by atoms with Gasteiger partial charge in [0.05, 0.1) is 21.2 Å². The van der Waals surface area contributed by atoms with Crippen LogP contribution in [0.4, 0.5) is 11.4 Å². The molecule has 2 aromatic carbocycles. The molecule has 2 N–H and O–H groups in total. The van der Waals surface area contributed by atoms with Crippen LogP contribution in [0.2, 0.25) is 0 Å². The number of hydrogen-bond donors (Lipinski definition) is 2. The molecule has 2 heterocycles. The van der Waals surface area contributed by atoms with E-state index in [1.165, 1.54) is 35.2 Å². The van der Waals surface area contributed by atoms with Crippen LogP contribution in [0.5, 0.6) is 0 Å². The molecule has 3 aromatic rings. The van der Waals surface area contributed by atoms with Gasteiger partial charge in [0.15, 0.2) is 0 Å². The molecule has 1 aliphatic rings. The average molecular weight is 390 g/mol. The van der Waals surface area contributed by atoms with Gasteiger partial charge >= 0.3 is 0 Å². The van der Waals surface area contributed by atoms with Crippen LogP contribution < -0.4 is 21.0 Å². The third-order valence-corrected chi connectivity index (χ3v) is 4.74. The molecule has 0 saturated carbocycles. The van der Waals surface area contributed by atoms with E-state index in [2.05, 4.69) is 10.2 Å².